The van der Waals surface area contributed by atoms with Gasteiger partial charge in [-0.25, -0.2) is 9.78 Å². The van der Waals surface area contributed by atoms with Gasteiger partial charge in [-0.1, -0.05) is 17.7 Å². The molecule has 1 N–H and O–H groups in total. The standard InChI is InChI=1S/C28H27ClN4O4/c29-21-3-4-22(30-13-21)17-37-23-5-1-18-7-9-32(14-20(18)11-23)16-27-31-25-6-2-19(28(34)35)12-26(25)33(27)15-24-8-10-36-24/h1-6,11-13,24H,7-10,14-17H2,(H,34,35)/t24-/m0/s1. The highest BCUT2D eigenvalue weighted by atomic mass is 35.5. The van der Waals surface area contributed by atoms with Gasteiger partial charge in [0.15, 0.2) is 0 Å². The molecule has 0 amide bonds. The fourth-order valence-corrected chi connectivity index (χ4v) is 5.04. The smallest absolute Gasteiger partial charge is 0.335 e. The number of hydrogen-bond donors (Lipinski definition) is 1. The number of carboxylic acid groups (broad SMARTS) is 1. The third-order valence-electron chi connectivity index (χ3n) is 7.06. The number of nitrogens with zero attached hydrogens (tertiary/aromatic N) is 4. The molecule has 9 heteroatoms. The van der Waals surface area contributed by atoms with E-state index in [1.807, 2.05) is 18.2 Å². The second-order valence-corrected chi connectivity index (χ2v) is 10.0. The van der Waals surface area contributed by atoms with Crippen LogP contribution in [0.15, 0.2) is 54.7 Å². The molecule has 8 nitrogen and oxygen atoms in total. The van der Waals surface area contributed by atoms with Gasteiger partial charge < -0.3 is 19.1 Å². The highest BCUT2D eigenvalue weighted by molar-refractivity contribution is 6.30. The predicted molar refractivity (Wildman–Crippen MR) is 139 cm³/mol. The number of pyridine rings is 1. The lowest BCUT2D eigenvalue weighted by Crippen LogP contribution is -2.34. The molecular weight excluding hydrogens is 492 g/mol. The molecule has 2 aromatic carbocycles. The van der Waals surface area contributed by atoms with Crippen LogP contribution in [0.1, 0.15) is 39.4 Å². The zero-order valence-corrected chi connectivity index (χ0v) is 21.0. The topological polar surface area (TPSA) is 89.7 Å². The molecule has 4 heterocycles. The number of fused-ring (bicyclic) bond motifs is 2. The summed E-state index contributed by atoms with van der Waals surface area (Å²) in [6.07, 6.45) is 3.71. The Bertz CT molecular complexity index is 1450. The van der Waals surface area contributed by atoms with E-state index >= 15 is 0 Å². The number of rotatable bonds is 8. The number of aromatic carboxylic acids is 1. The van der Waals surface area contributed by atoms with Crippen molar-refractivity contribution >= 4 is 28.6 Å². The molecule has 0 bridgehead atoms. The van der Waals surface area contributed by atoms with Crippen LogP contribution in [0.2, 0.25) is 5.02 Å². The quantitative estimate of drug-likeness (QED) is 0.361. The third-order valence-corrected chi connectivity index (χ3v) is 7.29. The van der Waals surface area contributed by atoms with Gasteiger partial charge in [0.05, 0.1) is 46.5 Å². The Balaban J connectivity index is 1.20. The van der Waals surface area contributed by atoms with Crippen molar-refractivity contribution < 1.29 is 19.4 Å². The molecule has 1 saturated heterocycles. The van der Waals surface area contributed by atoms with E-state index in [1.165, 1.54) is 11.1 Å². The van der Waals surface area contributed by atoms with Crippen molar-refractivity contribution in [3.63, 3.8) is 0 Å². The summed E-state index contributed by atoms with van der Waals surface area (Å²) in [4.78, 5) is 23.1. The van der Waals surface area contributed by atoms with Crippen LogP contribution in [-0.4, -0.2) is 49.8 Å². The molecule has 2 aliphatic rings. The third kappa shape index (κ3) is 5.18. The van der Waals surface area contributed by atoms with Gasteiger partial charge in [-0.3, -0.25) is 9.88 Å². The Morgan fingerprint density at radius 1 is 1.16 bits per heavy atom. The summed E-state index contributed by atoms with van der Waals surface area (Å²) in [5.74, 6) is 0.805. The molecule has 2 aliphatic heterocycles. The Labute approximate surface area is 219 Å². The number of carbonyl (C=O) groups is 1. The number of carboxylic acids is 1. The van der Waals surface area contributed by atoms with E-state index in [2.05, 4.69) is 26.6 Å². The highest BCUT2D eigenvalue weighted by Crippen LogP contribution is 2.27. The van der Waals surface area contributed by atoms with Crippen molar-refractivity contribution in [2.24, 2.45) is 0 Å². The van der Waals surface area contributed by atoms with E-state index in [4.69, 9.17) is 26.1 Å². The van der Waals surface area contributed by atoms with Gasteiger partial charge in [-0.2, -0.15) is 0 Å². The summed E-state index contributed by atoms with van der Waals surface area (Å²) < 4.78 is 13.8. The molecular formula is C28H27ClN4O4. The van der Waals surface area contributed by atoms with E-state index in [-0.39, 0.29) is 11.7 Å². The van der Waals surface area contributed by atoms with E-state index in [1.54, 1.807) is 24.4 Å². The largest absolute Gasteiger partial charge is 0.487 e. The minimum absolute atomic E-state index is 0.140. The molecule has 6 rings (SSSR count). The Morgan fingerprint density at radius 3 is 2.81 bits per heavy atom. The van der Waals surface area contributed by atoms with Gasteiger partial charge in [0, 0.05) is 25.9 Å². The first-order chi connectivity index (χ1) is 18.0. The fraction of sp³-hybridized carbons (Fsp3) is 0.321. The van der Waals surface area contributed by atoms with Crippen molar-refractivity contribution in [2.45, 2.75) is 45.2 Å². The summed E-state index contributed by atoms with van der Waals surface area (Å²) in [6.45, 7) is 4.21. The minimum Gasteiger partial charge on any atom is -0.487 e. The average Bonchev–Trinajstić information content (AvgIpc) is 3.21. The number of aromatic nitrogens is 3. The Kier molecular flexibility index (Phi) is 6.54. The molecule has 37 heavy (non-hydrogen) atoms. The van der Waals surface area contributed by atoms with Crippen molar-refractivity contribution in [3.05, 3.63) is 88.0 Å². The van der Waals surface area contributed by atoms with Gasteiger partial charge in [0.1, 0.15) is 18.2 Å². The van der Waals surface area contributed by atoms with E-state index < -0.39 is 5.97 Å². The van der Waals surface area contributed by atoms with Crippen molar-refractivity contribution in [2.75, 3.05) is 13.2 Å². The van der Waals surface area contributed by atoms with E-state index in [9.17, 15) is 9.90 Å². The molecule has 0 radical (unpaired) electrons. The van der Waals surface area contributed by atoms with Gasteiger partial charge in [-0.05, 0) is 66.4 Å². The van der Waals surface area contributed by atoms with Gasteiger partial charge in [0.2, 0.25) is 0 Å². The number of ether oxygens (including phenoxy) is 2. The molecule has 190 valence electrons. The maximum absolute atomic E-state index is 11.6. The fourth-order valence-electron chi connectivity index (χ4n) is 4.93. The molecule has 1 atom stereocenters. The van der Waals surface area contributed by atoms with Crippen LogP contribution < -0.4 is 4.74 Å². The molecule has 2 aromatic heterocycles. The molecule has 4 aromatic rings. The van der Waals surface area contributed by atoms with Crippen molar-refractivity contribution in [1.82, 2.24) is 19.4 Å². The van der Waals surface area contributed by atoms with E-state index in [0.717, 1.165) is 60.8 Å². The molecule has 1 fully saturated rings. The first kappa shape index (κ1) is 23.9. The van der Waals surface area contributed by atoms with Gasteiger partial charge in [-0.15, -0.1) is 0 Å². The van der Waals surface area contributed by atoms with Crippen LogP contribution in [0, 0.1) is 0 Å². The first-order valence-electron chi connectivity index (χ1n) is 12.4. The summed E-state index contributed by atoms with van der Waals surface area (Å²) in [5.41, 5.74) is 5.31. The molecule has 0 unspecified atom stereocenters. The molecule has 0 aliphatic carbocycles. The lowest BCUT2D eigenvalue weighted by molar-refractivity contribution is -0.0592. The van der Waals surface area contributed by atoms with Crippen LogP contribution in [0.4, 0.5) is 0 Å². The summed E-state index contributed by atoms with van der Waals surface area (Å²) in [5, 5.41) is 10.1. The SMILES string of the molecule is O=C(O)c1ccc2nc(CN3CCc4ccc(OCc5ccc(Cl)cn5)cc4C3)n(C[C@@H]3CCO3)c2c1. The van der Waals surface area contributed by atoms with E-state index in [0.29, 0.717) is 24.7 Å². The lowest BCUT2D eigenvalue weighted by Gasteiger charge is -2.30. The summed E-state index contributed by atoms with van der Waals surface area (Å²) >= 11 is 5.92. The van der Waals surface area contributed by atoms with Crippen molar-refractivity contribution in [1.29, 1.82) is 0 Å². The van der Waals surface area contributed by atoms with Crippen molar-refractivity contribution in [3.8, 4) is 5.75 Å². The zero-order valence-electron chi connectivity index (χ0n) is 20.3. The van der Waals surface area contributed by atoms with Crippen LogP contribution in [0.25, 0.3) is 11.0 Å². The van der Waals surface area contributed by atoms with Gasteiger partial charge >= 0.3 is 5.97 Å². The zero-order chi connectivity index (χ0) is 25.4. The van der Waals surface area contributed by atoms with Gasteiger partial charge in [0.25, 0.3) is 0 Å². The monoisotopic (exact) mass is 518 g/mol. The normalized spacial score (nSPS) is 17.4. The number of hydrogen-bond acceptors (Lipinski definition) is 6. The average molecular weight is 519 g/mol. The van der Waals surface area contributed by atoms with Crippen LogP contribution in [0.5, 0.6) is 5.75 Å². The molecule has 0 spiro atoms. The lowest BCUT2D eigenvalue weighted by atomic mass is 9.99. The summed E-state index contributed by atoms with van der Waals surface area (Å²) in [7, 11) is 0. The van der Waals surface area contributed by atoms with Crippen LogP contribution in [-0.2, 0) is 37.4 Å². The highest BCUT2D eigenvalue weighted by Gasteiger charge is 2.24. The maximum atomic E-state index is 11.6. The van der Waals surface area contributed by atoms with Crippen LogP contribution >= 0.6 is 11.6 Å². The molecule has 0 saturated carbocycles. The second-order valence-electron chi connectivity index (χ2n) is 9.58. The Morgan fingerprint density at radius 2 is 2.05 bits per heavy atom. The summed E-state index contributed by atoms with van der Waals surface area (Å²) in [6, 6.07) is 15.1. The minimum atomic E-state index is -0.936. The Hall–Kier alpha value is -3.46. The number of benzene rings is 2. The second kappa shape index (κ2) is 10.1. The first-order valence-corrected chi connectivity index (χ1v) is 12.8. The maximum Gasteiger partial charge on any atom is 0.335 e. The number of imidazole rings is 1. The van der Waals surface area contributed by atoms with Crippen LogP contribution in [0.3, 0.4) is 0 Å². The predicted octanol–water partition coefficient (Wildman–Crippen LogP) is 4.71. The number of halogens is 1.